The van der Waals surface area contributed by atoms with E-state index in [-0.39, 0.29) is 11.9 Å². The third-order valence-corrected chi connectivity index (χ3v) is 4.02. The molecule has 0 aliphatic rings. The molecular weight excluding hydrogens is 333 g/mol. The number of carbonyl (C=O) groups is 1. The standard InChI is InChI=1S/C12H16INOS/c1-9(8-16-3)14(2)12(15)10-4-6-11(13)7-5-10/h4-7,9H,8H2,1-3H3. The summed E-state index contributed by atoms with van der Waals surface area (Å²) in [6.07, 6.45) is 2.06. The number of nitrogens with zero attached hydrogens (tertiary/aromatic N) is 1. The predicted octanol–water partition coefficient (Wildman–Crippen LogP) is 3.11. The Kier molecular flexibility index (Phi) is 5.61. The van der Waals surface area contributed by atoms with E-state index in [2.05, 4.69) is 35.8 Å². The highest BCUT2D eigenvalue weighted by Gasteiger charge is 2.16. The summed E-state index contributed by atoms with van der Waals surface area (Å²) in [6.45, 7) is 2.07. The molecule has 0 radical (unpaired) electrons. The Morgan fingerprint density at radius 1 is 1.44 bits per heavy atom. The van der Waals surface area contributed by atoms with E-state index in [1.165, 1.54) is 0 Å². The molecule has 1 atom stereocenters. The molecule has 0 fully saturated rings. The fourth-order valence-corrected chi connectivity index (χ4v) is 2.41. The second-order valence-electron chi connectivity index (χ2n) is 3.73. The molecule has 1 amide bonds. The van der Waals surface area contributed by atoms with Gasteiger partial charge in [-0.3, -0.25) is 4.79 Å². The van der Waals surface area contributed by atoms with E-state index in [0.717, 1.165) is 14.9 Å². The molecule has 16 heavy (non-hydrogen) atoms. The molecule has 1 rings (SSSR count). The molecule has 1 aromatic carbocycles. The van der Waals surface area contributed by atoms with Crippen LogP contribution >= 0.6 is 34.4 Å². The van der Waals surface area contributed by atoms with E-state index >= 15 is 0 Å². The van der Waals surface area contributed by atoms with Crippen molar-refractivity contribution in [2.75, 3.05) is 19.1 Å². The van der Waals surface area contributed by atoms with Crippen molar-refractivity contribution in [3.63, 3.8) is 0 Å². The highest BCUT2D eigenvalue weighted by atomic mass is 127. The van der Waals surface area contributed by atoms with Crippen LogP contribution in [0.25, 0.3) is 0 Å². The van der Waals surface area contributed by atoms with Crippen molar-refractivity contribution >= 4 is 40.3 Å². The zero-order valence-electron chi connectivity index (χ0n) is 9.74. The average molecular weight is 349 g/mol. The number of amides is 1. The second kappa shape index (κ2) is 6.49. The van der Waals surface area contributed by atoms with Crippen molar-refractivity contribution in [3.8, 4) is 0 Å². The third-order valence-electron chi connectivity index (χ3n) is 2.48. The summed E-state index contributed by atoms with van der Waals surface area (Å²) in [7, 11) is 1.86. The van der Waals surface area contributed by atoms with Crippen molar-refractivity contribution in [1.29, 1.82) is 0 Å². The van der Waals surface area contributed by atoms with Gasteiger partial charge >= 0.3 is 0 Å². The SMILES string of the molecule is CSCC(C)N(C)C(=O)c1ccc(I)cc1. The molecule has 0 aliphatic carbocycles. The number of hydrogen-bond acceptors (Lipinski definition) is 2. The van der Waals surface area contributed by atoms with E-state index in [9.17, 15) is 4.79 Å². The summed E-state index contributed by atoms with van der Waals surface area (Å²) >= 11 is 3.99. The van der Waals surface area contributed by atoms with Crippen LogP contribution in [-0.2, 0) is 0 Å². The quantitative estimate of drug-likeness (QED) is 0.779. The first kappa shape index (κ1) is 13.8. The maximum Gasteiger partial charge on any atom is 0.253 e. The Bertz CT molecular complexity index is 353. The molecular formula is C12H16INOS. The van der Waals surface area contributed by atoms with Gasteiger partial charge in [-0.2, -0.15) is 11.8 Å². The molecule has 0 aromatic heterocycles. The van der Waals surface area contributed by atoms with Gasteiger partial charge < -0.3 is 4.90 Å². The van der Waals surface area contributed by atoms with E-state index in [1.807, 2.05) is 31.3 Å². The van der Waals surface area contributed by atoms with Crippen LogP contribution in [0.5, 0.6) is 0 Å². The van der Waals surface area contributed by atoms with Crippen LogP contribution in [0.15, 0.2) is 24.3 Å². The summed E-state index contributed by atoms with van der Waals surface area (Å²) < 4.78 is 1.15. The Hall–Kier alpha value is -0.230. The van der Waals surface area contributed by atoms with E-state index in [4.69, 9.17) is 0 Å². The van der Waals surface area contributed by atoms with Gasteiger partial charge in [0.25, 0.3) is 5.91 Å². The van der Waals surface area contributed by atoms with Gasteiger partial charge in [-0.1, -0.05) is 0 Å². The molecule has 1 unspecified atom stereocenters. The first-order valence-electron chi connectivity index (χ1n) is 5.08. The molecule has 0 heterocycles. The lowest BCUT2D eigenvalue weighted by molar-refractivity contribution is 0.0757. The van der Waals surface area contributed by atoms with Crippen LogP contribution in [0.3, 0.4) is 0 Å². The molecule has 0 bridgehead atoms. The van der Waals surface area contributed by atoms with Gasteiger partial charge in [0.1, 0.15) is 0 Å². The number of carbonyl (C=O) groups excluding carboxylic acids is 1. The Labute approximate surface area is 115 Å². The molecule has 0 saturated carbocycles. The van der Waals surface area contributed by atoms with Crippen LogP contribution in [-0.4, -0.2) is 35.9 Å². The third kappa shape index (κ3) is 3.66. The van der Waals surface area contributed by atoms with Crippen molar-refractivity contribution < 1.29 is 4.79 Å². The van der Waals surface area contributed by atoms with Crippen LogP contribution < -0.4 is 0 Å². The van der Waals surface area contributed by atoms with Crippen molar-refractivity contribution in [1.82, 2.24) is 4.90 Å². The largest absolute Gasteiger partial charge is 0.338 e. The molecule has 0 aliphatic heterocycles. The van der Waals surface area contributed by atoms with Gasteiger partial charge in [0.2, 0.25) is 0 Å². The van der Waals surface area contributed by atoms with Gasteiger partial charge in [0, 0.05) is 28.0 Å². The number of thioether (sulfide) groups is 1. The maximum absolute atomic E-state index is 12.1. The summed E-state index contributed by atoms with van der Waals surface area (Å²) in [4.78, 5) is 13.9. The Balaban J connectivity index is 2.73. The van der Waals surface area contributed by atoms with Crippen molar-refractivity contribution in [2.45, 2.75) is 13.0 Å². The highest BCUT2D eigenvalue weighted by Crippen LogP contribution is 2.11. The van der Waals surface area contributed by atoms with Crippen LogP contribution in [0.1, 0.15) is 17.3 Å². The molecule has 0 spiro atoms. The van der Waals surface area contributed by atoms with E-state index in [1.54, 1.807) is 16.7 Å². The number of benzene rings is 1. The van der Waals surface area contributed by atoms with Gasteiger partial charge in [0.15, 0.2) is 0 Å². The molecule has 2 nitrogen and oxygen atoms in total. The monoisotopic (exact) mass is 349 g/mol. The molecule has 0 N–H and O–H groups in total. The normalized spacial score (nSPS) is 12.2. The number of hydrogen-bond donors (Lipinski definition) is 0. The maximum atomic E-state index is 12.1. The van der Waals surface area contributed by atoms with Crippen LogP contribution in [0.2, 0.25) is 0 Å². The number of rotatable bonds is 4. The minimum absolute atomic E-state index is 0.0953. The minimum Gasteiger partial charge on any atom is -0.338 e. The van der Waals surface area contributed by atoms with Gasteiger partial charge in [0.05, 0.1) is 0 Å². The van der Waals surface area contributed by atoms with E-state index < -0.39 is 0 Å². The van der Waals surface area contributed by atoms with Gasteiger partial charge in [-0.15, -0.1) is 0 Å². The summed E-state index contributed by atoms with van der Waals surface area (Å²) in [5, 5.41) is 0. The Morgan fingerprint density at radius 2 is 2.00 bits per heavy atom. The fourth-order valence-electron chi connectivity index (χ4n) is 1.35. The van der Waals surface area contributed by atoms with Crippen molar-refractivity contribution in [3.05, 3.63) is 33.4 Å². The lowest BCUT2D eigenvalue weighted by atomic mass is 10.2. The molecule has 0 saturated heterocycles. The molecule has 1 aromatic rings. The highest BCUT2D eigenvalue weighted by molar-refractivity contribution is 14.1. The molecule has 4 heteroatoms. The zero-order valence-corrected chi connectivity index (χ0v) is 12.7. The lowest BCUT2D eigenvalue weighted by Crippen LogP contribution is -2.36. The first-order valence-corrected chi connectivity index (χ1v) is 7.55. The zero-order chi connectivity index (χ0) is 12.1. The second-order valence-corrected chi connectivity index (χ2v) is 5.88. The summed E-state index contributed by atoms with van der Waals surface area (Å²) in [6, 6.07) is 7.95. The average Bonchev–Trinajstić information content (AvgIpc) is 2.28. The van der Waals surface area contributed by atoms with Crippen molar-refractivity contribution in [2.24, 2.45) is 0 Å². The predicted molar refractivity (Wildman–Crippen MR) is 79.1 cm³/mol. The lowest BCUT2D eigenvalue weighted by Gasteiger charge is -2.24. The minimum atomic E-state index is 0.0953. The smallest absolute Gasteiger partial charge is 0.253 e. The topological polar surface area (TPSA) is 20.3 Å². The van der Waals surface area contributed by atoms with Gasteiger partial charge in [-0.25, -0.2) is 0 Å². The summed E-state index contributed by atoms with van der Waals surface area (Å²) in [5.74, 6) is 1.06. The fraction of sp³-hybridized carbons (Fsp3) is 0.417. The van der Waals surface area contributed by atoms with Crippen LogP contribution in [0, 0.1) is 3.57 Å². The van der Waals surface area contributed by atoms with E-state index in [0.29, 0.717) is 0 Å². The Morgan fingerprint density at radius 3 is 2.50 bits per heavy atom. The van der Waals surface area contributed by atoms with Crippen LogP contribution in [0.4, 0.5) is 0 Å². The molecule has 88 valence electrons. The van der Waals surface area contributed by atoms with Gasteiger partial charge in [-0.05, 0) is 60.0 Å². The first-order chi connectivity index (χ1) is 7.56. The summed E-state index contributed by atoms with van der Waals surface area (Å²) in [5.41, 5.74) is 0.760. The number of halogens is 1.